The van der Waals surface area contributed by atoms with Crippen molar-refractivity contribution in [3.05, 3.63) is 40.4 Å². The van der Waals surface area contributed by atoms with Crippen molar-refractivity contribution in [3.63, 3.8) is 0 Å². The van der Waals surface area contributed by atoms with Crippen LogP contribution in [-0.2, 0) is 19.4 Å². The highest BCUT2D eigenvalue weighted by Crippen LogP contribution is 2.28. The fraction of sp³-hybridized carbons (Fsp3) is 0.529. The fourth-order valence-electron chi connectivity index (χ4n) is 2.97. The first kappa shape index (κ1) is 15.4. The molecule has 0 amide bonds. The second-order valence-electron chi connectivity index (χ2n) is 6.01. The summed E-state index contributed by atoms with van der Waals surface area (Å²) in [5.41, 5.74) is 2.34. The summed E-state index contributed by atoms with van der Waals surface area (Å²) in [6, 6.07) is 8.31. The molecule has 0 aliphatic carbocycles. The summed E-state index contributed by atoms with van der Waals surface area (Å²) in [5, 5.41) is 20.0. The summed E-state index contributed by atoms with van der Waals surface area (Å²) < 4.78 is 0. The van der Waals surface area contributed by atoms with Crippen LogP contribution >= 0.6 is 11.3 Å². The molecule has 0 bridgehead atoms. The van der Waals surface area contributed by atoms with Gasteiger partial charge in [-0.2, -0.15) is 0 Å². The van der Waals surface area contributed by atoms with Gasteiger partial charge in [0.2, 0.25) is 5.13 Å². The second-order valence-corrected chi connectivity index (χ2v) is 7.05. The zero-order valence-corrected chi connectivity index (χ0v) is 13.9. The molecule has 0 saturated carbocycles. The van der Waals surface area contributed by atoms with E-state index in [1.54, 1.807) is 11.3 Å². The van der Waals surface area contributed by atoms with E-state index in [2.05, 4.69) is 34.2 Å². The van der Waals surface area contributed by atoms with Gasteiger partial charge in [0.25, 0.3) is 0 Å². The molecule has 1 aromatic heterocycles. The smallest absolute Gasteiger partial charge is 0.208 e. The van der Waals surface area contributed by atoms with Crippen LogP contribution in [-0.4, -0.2) is 28.4 Å². The van der Waals surface area contributed by atoms with Gasteiger partial charge in [-0.05, 0) is 36.3 Å². The third-order valence-electron chi connectivity index (χ3n) is 4.21. The van der Waals surface area contributed by atoms with Crippen molar-refractivity contribution < 1.29 is 5.11 Å². The van der Waals surface area contributed by atoms with E-state index in [1.165, 1.54) is 12.0 Å². The van der Waals surface area contributed by atoms with E-state index in [-0.39, 0.29) is 6.61 Å². The van der Waals surface area contributed by atoms with Crippen molar-refractivity contribution in [2.24, 2.45) is 5.92 Å². The summed E-state index contributed by atoms with van der Waals surface area (Å²) in [5.74, 6) is 0.679. The lowest BCUT2D eigenvalue weighted by Gasteiger charge is -2.14. The molecule has 0 unspecified atom stereocenters. The van der Waals surface area contributed by atoms with Crippen LogP contribution in [0.3, 0.4) is 0 Å². The Kier molecular flexibility index (Phi) is 5.05. The van der Waals surface area contributed by atoms with E-state index < -0.39 is 0 Å². The largest absolute Gasteiger partial charge is 0.392 e. The lowest BCUT2D eigenvalue weighted by molar-refractivity contribution is 0.282. The van der Waals surface area contributed by atoms with Crippen molar-refractivity contribution in [2.45, 2.75) is 39.2 Å². The molecule has 0 spiro atoms. The molecule has 22 heavy (non-hydrogen) atoms. The van der Waals surface area contributed by atoms with Crippen LogP contribution in [0.1, 0.15) is 35.9 Å². The van der Waals surface area contributed by atoms with Crippen LogP contribution in [0.5, 0.6) is 0 Å². The molecule has 2 heterocycles. The van der Waals surface area contributed by atoms with Crippen molar-refractivity contribution in [1.29, 1.82) is 0 Å². The Morgan fingerprint density at radius 2 is 2.00 bits per heavy atom. The van der Waals surface area contributed by atoms with E-state index >= 15 is 0 Å². The van der Waals surface area contributed by atoms with Crippen molar-refractivity contribution in [2.75, 3.05) is 18.0 Å². The number of nitrogens with zero attached hydrogens (tertiary/aromatic N) is 3. The lowest BCUT2D eigenvalue weighted by atomic mass is 9.98. The zero-order chi connectivity index (χ0) is 15.4. The van der Waals surface area contributed by atoms with E-state index in [0.717, 1.165) is 48.1 Å². The van der Waals surface area contributed by atoms with Crippen LogP contribution in [0, 0.1) is 5.92 Å². The Bertz CT molecular complexity index is 596. The number of aliphatic hydroxyl groups is 1. The van der Waals surface area contributed by atoms with Gasteiger partial charge < -0.3 is 10.0 Å². The molecule has 0 radical (unpaired) electrons. The average Bonchev–Trinajstić information content (AvgIpc) is 3.18. The molecule has 1 aliphatic rings. The Morgan fingerprint density at radius 1 is 1.23 bits per heavy atom. The molecule has 1 atom stereocenters. The first-order valence-electron chi connectivity index (χ1n) is 8.04. The van der Waals surface area contributed by atoms with Gasteiger partial charge in [0, 0.05) is 19.5 Å². The highest BCUT2D eigenvalue weighted by atomic mass is 32.1. The predicted molar refractivity (Wildman–Crippen MR) is 90.3 cm³/mol. The molecule has 1 fully saturated rings. The SMILES string of the molecule is CCCc1nnc(N2CC[C@@H](Cc3ccc(CO)cc3)C2)s1. The molecule has 5 heteroatoms. The maximum atomic E-state index is 9.10. The van der Waals surface area contributed by atoms with Crippen LogP contribution in [0.25, 0.3) is 0 Å². The van der Waals surface area contributed by atoms with Crippen LogP contribution in [0.2, 0.25) is 0 Å². The van der Waals surface area contributed by atoms with Gasteiger partial charge in [0.05, 0.1) is 6.61 Å². The number of aliphatic hydroxyl groups excluding tert-OH is 1. The van der Waals surface area contributed by atoms with E-state index in [0.29, 0.717) is 5.92 Å². The Labute approximate surface area is 135 Å². The molecule has 4 nitrogen and oxygen atoms in total. The number of anilines is 1. The molecular weight excluding hydrogens is 294 g/mol. The van der Waals surface area contributed by atoms with Crippen LogP contribution < -0.4 is 4.90 Å². The highest BCUT2D eigenvalue weighted by molar-refractivity contribution is 7.15. The normalized spacial score (nSPS) is 18.1. The van der Waals surface area contributed by atoms with Gasteiger partial charge in [-0.1, -0.05) is 42.5 Å². The van der Waals surface area contributed by atoms with Gasteiger partial charge >= 0.3 is 0 Å². The molecule has 1 saturated heterocycles. The van der Waals surface area contributed by atoms with Crippen molar-refractivity contribution in [1.82, 2.24) is 10.2 Å². The molecule has 118 valence electrons. The summed E-state index contributed by atoms with van der Waals surface area (Å²) in [6.07, 6.45) is 4.47. The molecule has 3 rings (SSSR count). The lowest BCUT2D eigenvalue weighted by Crippen LogP contribution is -2.20. The minimum Gasteiger partial charge on any atom is -0.392 e. The molecular formula is C17H23N3OS. The number of rotatable bonds is 6. The van der Waals surface area contributed by atoms with E-state index in [9.17, 15) is 0 Å². The number of hydrogen-bond acceptors (Lipinski definition) is 5. The monoisotopic (exact) mass is 317 g/mol. The first-order chi connectivity index (χ1) is 10.8. The first-order valence-corrected chi connectivity index (χ1v) is 8.86. The summed E-state index contributed by atoms with van der Waals surface area (Å²) in [6.45, 7) is 4.45. The van der Waals surface area contributed by atoms with Gasteiger partial charge in [0.1, 0.15) is 5.01 Å². The Balaban J connectivity index is 1.56. The van der Waals surface area contributed by atoms with Crippen molar-refractivity contribution >= 4 is 16.5 Å². The van der Waals surface area contributed by atoms with E-state index in [1.807, 2.05) is 12.1 Å². The van der Waals surface area contributed by atoms with Crippen molar-refractivity contribution in [3.8, 4) is 0 Å². The summed E-state index contributed by atoms with van der Waals surface area (Å²) >= 11 is 1.74. The zero-order valence-electron chi connectivity index (χ0n) is 13.0. The van der Waals surface area contributed by atoms with Crippen LogP contribution in [0.15, 0.2) is 24.3 Å². The number of benzene rings is 1. The van der Waals surface area contributed by atoms with Gasteiger partial charge in [-0.3, -0.25) is 0 Å². The van der Waals surface area contributed by atoms with E-state index in [4.69, 9.17) is 5.11 Å². The van der Waals surface area contributed by atoms with Gasteiger partial charge in [-0.15, -0.1) is 10.2 Å². The molecule has 2 aromatic rings. The predicted octanol–water partition coefficient (Wildman–Crippen LogP) is 3.05. The number of hydrogen-bond donors (Lipinski definition) is 1. The topological polar surface area (TPSA) is 49.2 Å². The third kappa shape index (κ3) is 3.65. The standard InChI is InChI=1S/C17H23N3OS/c1-2-3-16-18-19-17(22-16)20-9-8-15(11-20)10-13-4-6-14(12-21)7-5-13/h4-7,15,21H,2-3,8-12H2,1H3/t15-/m0/s1. The van der Waals surface area contributed by atoms with Gasteiger partial charge in [-0.25, -0.2) is 0 Å². The Morgan fingerprint density at radius 3 is 2.73 bits per heavy atom. The fourth-order valence-corrected chi connectivity index (χ4v) is 3.95. The summed E-state index contributed by atoms with van der Waals surface area (Å²) in [4.78, 5) is 2.38. The molecule has 1 aliphatic heterocycles. The van der Waals surface area contributed by atoms with Crippen LogP contribution in [0.4, 0.5) is 5.13 Å². The second kappa shape index (κ2) is 7.20. The minimum absolute atomic E-state index is 0.120. The maximum Gasteiger partial charge on any atom is 0.208 e. The number of aryl methyl sites for hydroxylation is 1. The minimum atomic E-state index is 0.120. The maximum absolute atomic E-state index is 9.10. The third-order valence-corrected chi connectivity index (χ3v) is 5.25. The quantitative estimate of drug-likeness (QED) is 0.889. The average molecular weight is 317 g/mol. The molecule has 1 aromatic carbocycles. The van der Waals surface area contributed by atoms with Gasteiger partial charge in [0.15, 0.2) is 0 Å². The molecule has 1 N–H and O–H groups in total. The summed E-state index contributed by atoms with van der Waals surface area (Å²) in [7, 11) is 0. The highest BCUT2D eigenvalue weighted by Gasteiger charge is 2.25. The number of aromatic nitrogens is 2. The Hall–Kier alpha value is -1.46.